The highest BCUT2D eigenvalue weighted by atomic mass is 32.2. The van der Waals surface area contributed by atoms with Crippen LogP contribution in [0, 0.1) is 0 Å². The van der Waals surface area contributed by atoms with Gasteiger partial charge in [0.15, 0.2) is 0 Å². The van der Waals surface area contributed by atoms with Crippen LogP contribution in [-0.4, -0.2) is 51.4 Å². The molecule has 0 unspecified atom stereocenters. The number of imide groups is 1. The number of rotatable bonds is 6. The maximum Gasteiger partial charge on any atom is 0.418 e. The molecule has 0 saturated carbocycles. The van der Waals surface area contributed by atoms with E-state index >= 15 is 0 Å². The number of hydrogen-bond donors (Lipinski definition) is 3. The Morgan fingerprint density at radius 1 is 1.22 bits per heavy atom. The van der Waals surface area contributed by atoms with E-state index in [1.54, 1.807) is 6.92 Å². The first kappa shape index (κ1) is 18.7. The molecular weight excluding hydrogens is 324 g/mol. The van der Waals surface area contributed by atoms with E-state index in [4.69, 9.17) is 10.5 Å². The fraction of sp³-hybridized carbons (Fsp3) is 0.385. The van der Waals surface area contributed by atoms with Gasteiger partial charge in [0.2, 0.25) is 10.0 Å². The summed E-state index contributed by atoms with van der Waals surface area (Å²) in [5.41, 5.74) is 6.12. The van der Waals surface area contributed by atoms with E-state index in [0.29, 0.717) is 11.4 Å². The number of urea groups is 1. The number of nitrogens with two attached hydrogens (primary N) is 1. The molecule has 0 aliphatic carbocycles. The molecule has 0 atom stereocenters. The number of anilines is 2. The lowest BCUT2D eigenvalue weighted by Crippen LogP contribution is -2.43. The predicted molar refractivity (Wildman–Crippen MR) is 86.7 cm³/mol. The van der Waals surface area contributed by atoms with Crippen molar-refractivity contribution in [2.45, 2.75) is 6.92 Å². The summed E-state index contributed by atoms with van der Waals surface area (Å²) in [7, 11) is -3.37. The number of hydrogen-bond acceptors (Lipinski definition) is 6. The topological polar surface area (TPSA) is 131 Å². The molecule has 0 aliphatic heterocycles. The standard InChI is InChI=1S/C13H20N4O5S/c1-3-22-13(19)17(9-8-14)12(18)15-10-4-6-11(7-5-10)16-23(2,20)21/h4-7,16H,3,8-9,14H2,1-2H3,(H,15,18). The minimum absolute atomic E-state index is 0.0123. The summed E-state index contributed by atoms with van der Waals surface area (Å²) in [5.74, 6) is 0. The van der Waals surface area contributed by atoms with Crippen molar-refractivity contribution in [1.29, 1.82) is 0 Å². The van der Waals surface area contributed by atoms with E-state index in [0.717, 1.165) is 11.2 Å². The third-order valence-corrected chi connectivity index (χ3v) is 3.13. The Hall–Kier alpha value is -2.33. The molecule has 1 aromatic carbocycles. The van der Waals surface area contributed by atoms with Gasteiger partial charge in [-0.3, -0.25) is 4.72 Å². The Morgan fingerprint density at radius 2 is 1.78 bits per heavy atom. The van der Waals surface area contributed by atoms with E-state index < -0.39 is 22.1 Å². The number of nitrogens with zero attached hydrogens (tertiary/aromatic N) is 1. The average molecular weight is 344 g/mol. The number of ether oxygens (including phenoxy) is 1. The highest BCUT2D eigenvalue weighted by Gasteiger charge is 2.21. The molecule has 0 aromatic heterocycles. The first-order valence-electron chi connectivity index (χ1n) is 6.80. The monoisotopic (exact) mass is 344 g/mol. The summed E-state index contributed by atoms with van der Waals surface area (Å²) >= 11 is 0. The SMILES string of the molecule is CCOC(=O)N(CCN)C(=O)Nc1ccc(NS(C)(=O)=O)cc1. The van der Waals surface area contributed by atoms with E-state index in [-0.39, 0.29) is 19.7 Å². The fourth-order valence-corrected chi connectivity index (χ4v) is 2.20. The van der Waals surface area contributed by atoms with Gasteiger partial charge in [-0.1, -0.05) is 0 Å². The third-order valence-electron chi connectivity index (χ3n) is 2.53. The summed E-state index contributed by atoms with van der Waals surface area (Å²) in [6.07, 6.45) is 0.248. The molecule has 23 heavy (non-hydrogen) atoms. The molecule has 0 spiro atoms. The van der Waals surface area contributed by atoms with Crippen LogP contribution in [0.15, 0.2) is 24.3 Å². The van der Waals surface area contributed by atoms with Gasteiger partial charge in [-0.25, -0.2) is 22.9 Å². The van der Waals surface area contributed by atoms with Gasteiger partial charge in [0, 0.05) is 24.5 Å². The summed E-state index contributed by atoms with van der Waals surface area (Å²) in [6, 6.07) is 5.27. The lowest BCUT2D eigenvalue weighted by atomic mass is 10.3. The zero-order valence-corrected chi connectivity index (χ0v) is 13.7. The zero-order valence-electron chi connectivity index (χ0n) is 12.9. The Morgan fingerprint density at radius 3 is 2.26 bits per heavy atom. The van der Waals surface area contributed by atoms with Crippen LogP contribution in [0.4, 0.5) is 21.0 Å². The van der Waals surface area contributed by atoms with Crippen molar-refractivity contribution >= 4 is 33.5 Å². The van der Waals surface area contributed by atoms with Gasteiger partial charge in [-0.2, -0.15) is 0 Å². The van der Waals surface area contributed by atoms with E-state index in [1.807, 2.05) is 0 Å². The van der Waals surface area contributed by atoms with Crippen LogP contribution < -0.4 is 15.8 Å². The molecule has 0 radical (unpaired) electrons. The van der Waals surface area contributed by atoms with Crippen molar-refractivity contribution in [3.8, 4) is 0 Å². The zero-order chi connectivity index (χ0) is 17.5. The number of nitrogens with one attached hydrogen (secondary N) is 2. The summed E-state index contributed by atoms with van der Waals surface area (Å²) < 4.78 is 29.3. The van der Waals surface area contributed by atoms with Crippen molar-refractivity contribution in [2.75, 3.05) is 36.0 Å². The van der Waals surface area contributed by atoms with Gasteiger partial charge < -0.3 is 15.8 Å². The number of benzene rings is 1. The summed E-state index contributed by atoms with van der Waals surface area (Å²) in [6.45, 7) is 1.88. The summed E-state index contributed by atoms with van der Waals surface area (Å²) in [5, 5.41) is 2.51. The van der Waals surface area contributed by atoms with Gasteiger partial charge in [0.1, 0.15) is 0 Å². The minimum atomic E-state index is -3.37. The molecule has 1 rings (SSSR count). The van der Waals surface area contributed by atoms with Gasteiger partial charge in [0.05, 0.1) is 12.9 Å². The Balaban J connectivity index is 2.76. The fourth-order valence-electron chi connectivity index (χ4n) is 1.63. The molecule has 0 fully saturated rings. The quantitative estimate of drug-likeness (QED) is 0.706. The smallest absolute Gasteiger partial charge is 0.418 e. The van der Waals surface area contributed by atoms with Crippen molar-refractivity contribution in [1.82, 2.24) is 4.90 Å². The van der Waals surface area contributed by atoms with Crippen LogP contribution in [0.25, 0.3) is 0 Å². The molecule has 10 heteroatoms. The van der Waals surface area contributed by atoms with E-state index in [9.17, 15) is 18.0 Å². The second kappa shape index (κ2) is 8.34. The first-order valence-corrected chi connectivity index (χ1v) is 8.69. The number of carbonyl (C=O) groups excluding carboxylic acids is 2. The lowest BCUT2D eigenvalue weighted by molar-refractivity contribution is 0.118. The van der Waals surface area contributed by atoms with Gasteiger partial charge >= 0.3 is 12.1 Å². The molecule has 0 heterocycles. The van der Waals surface area contributed by atoms with Gasteiger partial charge in [0.25, 0.3) is 0 Å². The number of sulfonamides is 1. The maximum absolute atomic E-state index is 12.1. The summed E-state index contributed by atoms with van der Waals surface area (Å²) in [4.78, 5) is 24.6. The van der Waals surface area contributed by atoms with Gasteiger partial charge in [-0.15, -0.1) is 0 Å². The van der Waals surface area contributed by atoms with Crippen molar-refractivity contribution in [2.24, 2.45) is 5.73 Å². The molecular formula is C13H20N4O5S. The Kier molecular flexibility index (Phi) is 6.79. The van der Waals surface area contributed by atoms with Crippen LogP contribution in [0.2, 0.25) is 0 Å². The lowest BCUT2D eigenvalue weighted by Gasteiger charge is -2.19. The third kappa shape index (κ3) is 6.53. The average Bonchev–Trinajstić information content (AvgIpc) is 2.45. The Labute approximate surface area is 134 Å². The normalized spacial score (nSPS) is 10.7. The largest absolute Gasteiger partial charge is 0.449 e. The molecule has 0 saturated heterocycles. The van der Waals surface area contributed by atoms with Crippen LogP contribution in [0.5, 0.6) is 0 Å². The van der Waals surface area contributed by atoms with Crippen molar-refractivity contribution in [3.63, 3.8) is 0 Å². The maximum atomic E-state index is 12.1. The van der Waals surface area contributed by atoms with Crippen molar-refractivity contribution in [3.05, 3.63) is 24.3 Å². The van der Waals surface area contributed by atoms with Crippen LogP contribution in [-0.2, 0) is 14.8 Å². The van der Waals surface area contributed by atoms with Crippen LogP contribution in [0.1, 0.15) is 6.92 Å². The van der Waals surface area contributed by atoms with Crippen LogP contribution in [0.3, 0.4) is 0 Å². The minimum Gasteiger partial charge on any atom is -0.449 e. The Bertz CT molecular complexity index is 645. The second-order valence-corrected chi connectivity index (χ2v) is 6.27. The number of carbonyl (C=O) groups is 2. The molecule has 9 nitrogen and oxygen atoms in total. The molecule has 3 amide bonds. The molecule has 128 valence electrons. The highest BCUT2D eigenvalue weighted by molar-refractivity contribution is 7.92. The van der Waals surface area contributed by atoms with Gasteiger partial charge in [-0.05, 0) is 31.2 Å². The first-order chi connectivity index (χ1) is 10.8. The highest BCUT2D eigenvalue weighted by Crippen LogP contribution is 2.15. The van der Waals surface area contributed by atoms with Crippen molar-refractivity contribution < 1.29 is 22.7 Å². The molecule has 0 aliphatic rings. The second-order valence-electron chi connectivity index (χ2n) is 4.52. The van der Waals surface area contributed by atoms with Crippen LogP contribution >= 0.6 is 0 Å². The molecule has 0 bridgehead atoms. The molecule has 1 aromatic rings. The number of amides is 3. The molecule has 4 N–H and O–H groups in total. The van der Waals surface area contributed by atoms with E-state index in [2.05, 4.69) is 10.0 Å². The predicted octanol–water partition coefficient (Wildman–Crippen LogP) is 1.01. The van der Waals surface area contributed by atoms with E-state index in [1.165, 1.54) is 24.3 Å².